The van der Waals surface area contributed by atoms with Crippen LogP contribution in [0.15, 0.2) is 61.2 Å². The van der Waals surface area contributed by atoms with Gasteiger partial charge in [0.2, 0.25) is 0 Å². The summed E-state index contributed by atoms with van der Waals surface area (Å²) in [4.78, 5) is 15.7. The minimum atomic E-state index is -0.820. The highest BCUT2D eigenvalue weighted by atomic mass is 16.5. The van der Waals surface area contributed by atoms with Crippen LogP contribution in [0.1, 0.15) is 23.7 Å². The van der Waals surface area contributed by atoms with Gasteiger partial charge in [-0.2, -0.15) is 5.10 Å². The number of benzene rings is 1. The molecule has 1 aliphatic rings. The van der Waals surface area contributed by atoms with Crippen LogP contribution in [0.2, 0.25) is 0 Å². The number of aliphatic carboxylic acids is 1. The second-order valence-corrected chi connectivity index (χ2v) is 6.44. The zero-order valence-electron chi connectivity index (χ0n) is 14.2. The molecule has 0 amide bonds. The first-order valence-corrected chi connectivity index (χ1v) is 8.57. The number of nitrogens with zero attached hydrogens (tertiary/aromatic N) is 3. The number of carbonyl (C=O) groups is 1. The summed E-state index contributed by atoms with van der Waals surface area (Å²) in [6.45, 7) is 1.16. The number of carboxylic acids is 1. The first-order valence-electron chi connectivity index (χ1n) is 8.57. The van der Waals surface area contributed by atoms with Crippen LogP contribution in [0.5, 0.6) is 0 Å². The molecule has 2 aromatic heterocycles. The summed E-state index contributed by atoms with van der Waals surface area (Å²) in [6, 6.07) is 12.1. The fraction of sp³-hybridized carbons (Fsp3) is 0.250. The predicted molar refractivity (Wildman–Crippen MR) is 95.4 cm³/mol. The number of hydrogen-bond donors (Lipinski definition) is 1. The Kier molecular flexibility index (Phi) is 4.50. The van der Waals surface area contributed by atoms with Gasteiger partial charge in [-0.3, -0.25) is 14.5 Å². The summed E-state index contributed by atoms with van der Waals surface area (Å²) in [5.41, 5.74) is 3.93. The van der Waals surface area contributed by atoms with Crippen molar-refractivity contribution in [3.8, 4) is 11.1 Å². The number of aromatic nitrogens is 3. The van der Waals surface area contributed by atoms with Crippen LogP contribution in [0.25, 0.3) is 11.1 Å². The maximum atomic E-state index is 11.4. The Labute approximate surface area is 151 Å². The molecular weight excluding hydrogens is 330 g/mol. The van der Waals surface area contributed by atoms with E-state index in [1.54, 1.807) is 18.6 Å². The topological polar surface area (TPSA) is 77.2 Å². The van der Waals surface area contributed by atoms with Gasteiger partial charge in [-0.15, -0.1) is 0 Å². The molecule has 1 saturated heterocycles. The first-order chi connectivity index (χ1) is 12.7. The highest BCUT2D eigenvalue weighted by molar-refractivity contribution is 5.72. The first kappa shape index (κ1) is 16.5. The van der Waals surface area contributed by atoms with Gasteiger partial charge in [-0.25, -0.2) is 0 Å². The van der Waals surface area contributed by atoms with Crippen molar-refractivity contribution in [2.45, 2.75) is 19.1 Å². The highest BCUT2D eigenvalue weighted by Gasteiger charge is 2.35. The average molecular weight is 349 g/mol. The van der Waals surface area contributed by atoms with Gasteiger partial charge in [-0.05, 0) is 35.7 Å². The Morgan fingerprint density at radius 3 is 2.96 bits per heavy atom. The monoisotopic (exact) mass is 349 g/mol. The number of pyridine rings is 1. The zero-order chi connectivity index (χ0) is 17.9. The lowest BCUT2D eigenvalue weighted by Gasteiger charge is -2.16. The van der Waals surface area contributed by atoms with Crippen molar-refractivity contribution in [2.24, 2.45) is 5.92 Å². The molecule has 6 nitrogen and oxygen atoms in total. The van der Waals surface area contributed by atoms with Crippen LogP contribution < -0.4 is 0 Å². The van der Waals surface area contributed by atoms with E-state index in [-0.39, 0.29) is 0 Å². The van der Waals surface area contributed by atoms with E-state index < -0.39 is 18.0 Å². The maximum Gasteiger partial charge on any atom is 0.309 e. The van der Waals surface area contributed by atoms with E-state index in [1.165, 1.54) is 0 Å². The van der Waals surface area contributed by atoms with E-state index in [4.69, 9.17) is 4.74 Å². The third-order valence-electron chi connectivity index (χ3n) is 4.66. The van der Waals surface area contributed by atoms with Crippen LogP contribution in [-0.4, -0.2) is 32.4 Å². The minimum Gasteiger partial charge on any atom is -0.481 e. The normalized spacial score (nSPS) is 19.5. The molecule has 0 radical (unpaired) electrons. The zero-order valence-corrected chi connectivity index (χ0v) is 14.2. The van der Waals surface area contributed by atoms with E-state index >= 15 is 0 Å². The van der Waals surface area contributed by atoms with Crippen LogP contribution in [0.3, 0.4) is 0 Å². The van der Waals surface area contributed by atoms with Crippen molar-refractivity contribution in [1.29, 1.82) is 0 Å². The average Bonchev–Trinajstić information content (AvgIpc) is 3.34. The molecule has 26 heavy (non-hydrogen) atoms. The Bertz CT molecular complexity index is 908. The summed E-state index contributed by atoms with van der Waals surface area (Å²) < 4.78 is 7.54. The van der Waals surface area contributed by atoms with Gasteiger partial charge in [-0.1, -0.05) is 18.2 Å². The number of rotatable bonds is 5. The molecule has 0 unspecified atom stereocenters. The van der Waals surface area contributed by atoms with Gasteiger partial charge in [0.25, 0.3) is 0 Å². The van der Waals surface area contributed by atoms with Gasteiger partial charge in [0.1, 0.15) is 0 Å². The molecule has 6 heteroatoms. The smallest absolute Gasteiger partial charge is 0.309 e. The summed E-state index contributed by atoms with van der Waals surface area (Å²) in [6.07, 6.45) is 7.27. The third-order valence-corrected chi connectivity index (χ3v) is 4.66. The molecule has 2 atom stereocenters. The molecule has 1 N–H and O–H groups in total. The molecule has 0 aliphatic carbocycles. The van der Waals surface area contributed by atoms with E-state index in [0.717, 1.165) is 22.3 Å². The Morgan fingerprint density at radius 2 is 2.15 bits per heavy atom. The van der Waals surface area contributed by atoms with Gasteiger partial charge < -0.3 is 9.84 Å². The van der Waals surface area contributed by atoms with Crippen LogP contribution in [0, 0.1) is 5.92 Å². The second kappa shape index (κ2) is 7.09. The molecule has 1 fully saturated rings. The fourth-order valence-corrected chi connectivity index (χ4v) is 3.37. The predicted octanol–water partition coefficient (Wildman–Crippen LogP) is 3.16. The molecule has 0 bridgehead atoms. The molecule has 3 heterocycles. The number of hydrogen-bond acceptors (Lipinski definition) is 4. The summed E-state index contributed by atoms with van der Waals surface area (Å²) >= 11 is 0. The van der Waals surface area contributed by atoms with Crippen molar-refractivity contribution in [3.63, 3.8) is 0 Å². The van der Waals surface area contributed by atoms with E-state index in [0.29, 0.717) is 19.6 Å². The molecule has 1 aromatic carbocycles. The van der Waals surface area contributed by atoms with Crippen molar-refractivity contribution >= 4 is 5.97 Å². The minimum absolute atomic E-state index is 0.438. The van der Waals surface area contributed by atoms with E-state index in [9.17, 15) is 9.90 Å². The molecule has 4 rings (SSSR count). The molecule has 0 saturated carbocycles. The van der Waals surface area contributed by atoms with Crippen molar-refractivity contribution < 1.29 is 14.6 Å². The Balaban J connectivity index is 1.61. The lowest BCUT2D eigenvalue weighted by molar-refractivity contribution is -0.143. The Morgan fingerprint density at radius 1 is 1.23 bits per heavy atom. The summed E-state index contributed by atoms with van der Waals surface area (Å²) in [5.74, 6) is -1.34. The van der Waals surface area contributed by atoms with Crippen molar-refractivity contribution in [3.05, 3.63) is 72.3 Å². The fourth-order valence-electron chi connectivity index (χ4n) is 3.37. The lowest BCUT2D eigenvalue weighted by Crippen LogP contribution is -2.17. The largest absolute Gasteiger partial charge is 0.481 e. The lowest BCUT2D eigenvalue weighted by atomic mass is 9.94. The van der Waals surface area contributed by atoms with Crippen LogP contribution in [0.4, 0.5) is 0 Å². The van der Waals surface area contributed by atoms with E-state index in [2.05, 4.69) is 22.2 Å². The molecule has 3 aromatic rings. The van der Waals surface area contributed by atoms with Gasteiger partial charge in [0, 0.05) is 42.5 Å². The second-order valence-electron chi connectivity index (χ2n) is 6.44. The third kappa shape index (κ3) is 3.36. The number of carboxylic acid groups (broad SMARTS) is 1. The van der Waals surface area contributed by atoms with Gasteiger partial charge in [0.15, 0.2) is 0 Å². The van der Waals surface area contributed by atoms with Crippen LogP contribution >= 0.6 is 0 Å². The van der Waals surface area contributed by atoms with Gasteiger partial charge >= 0.3 is 5.97 Å². The van der Waals surface area contributed by atoms with Gasteiger partial charge in [0.05, 0.1) is 18.6 Å². The SMILES string of the molecule is O=C(O)[C@@H]1CCO[C@H]1c1cncc(-c2cccc(Cn3cccn3)c2)c1. The standard InChI is InChI=1S/C20H19N3O3/c24-20(25)18-5-8-26-19(18)17-10-16(11-21-12-17)15-4-1-3-14(9-15)13-23-7-2-6-22-23/h1-4,6-7,9-12,18-19H,5,8,13H2,(H,24,25)/t18-,19+/m1/s1. The van der Waals surface area contributed by atoms with Crippen molar-refractivity contribution in [2.75, 3.05) is 6.61 Å². The van der Waals surface area contributed by atoms with Crippen LogP contribution in [-0.2, 0) is 16.1 Å². The molecule has 0 spiro atoms. The summed E-state index contributed by atoms with van der Waals surface area (Å²) in [7, 11) is 0. The number of ether oxygens (including phenoxy) is 1. The van der Waals surface area contributed by atoms with E-state index in [1.807, 2.05) is 35.1 Å². The molecule has 1 aliphatic heterocycles. The quantitative estimate of drug-likeness (QED) is 0.766. The summed E-state index contributed by atoms with van der Waals surface area (Å²) in [5, 5.41) is 13.6. The molecule has 132 valence electrons. The maximum absolute atomic E-state index is 11.4. The van der Waals surface area contributed by atoms with Crippen molar-refractivity contribution in [1.82, 2.24) is 14.8 Å². The Hall–Kier alpha value is -2.99. The molecular formula is C20H19N3O3. The highest BCUT2D eigenvalue weighted by Crippen LogP contribution is 2.35.